The van der Waals surface area contributed by atoms with Gasteiger partial charge in [-0.15, -0.1) is 10.2 Å². The molecule has 0 unspecified atom stereocenters. The van der Waals surface area contributed by atoms with E-state index in [0.717, 1.165) is 48.2 Å². The maximum Gasteiger partial charge on any atom is 0.254 e. The molecule has 2 aromatic carbocycles. The summed E-state index contributed by atoms with van der Waals surface area (Å²) < 4.78 is 5.67. The SMILES string of the molecule is Cc1nnc(-c2ccc3c(c2)[C@]2(C)CCN(C(=O)c4ccc5c(c4)CC=N5)[C@H](C3)[C@H]2C)o1. The van der Waals surface area contributed by atoms with Crippen molar-refractivity contribution in [1.29, 1.82) is 0 Å². The third-order valence-electron chi connectivity index (χ3n) is 7.91. The number of benzene rings is 2. The number of piperidine rings is 1. The van der Waals surface area contributed by atoms with Gasteiger partial charge in [-0.2, -0.15) is 0 Å². The number of hydrogen-bond donors (Lipinski definition) is 0. The maximum atomic E-state index is 13.6. The van der Waals surface area contributed by atoms with Gasteiger partial charge in [0.2, 0.25) is 11.8 Å². The topological polar surface area (TPSA) is 71.6 Å². The van der Waals surface area contributed by atoms with Gasteiger partial charge in [-0.1, -0.05) is 19.9 Å². The minimum Gasteiger partial charge on any atom is -0.421 e. The van der Waals surface area contributed by atoms with Crippen LogP contribution in [0.5, 0.6) is 0 Å². The van der Waals surface area contributed by atoms with E-state index < -0.39 is 0 Å². The molecule has 0 N–H and O–H groups in total. The van der Waals surface area contributed by atoms with Gasteiger partial charge in [-0.3, -0.25) is 9.79 Å². The Labute approximate surface area is 187 Å². The van der Waals surface area contributed by atoms with E-state index in [1.807, 2.05) is 31.3 Å². The van der Waals surface area contributed by atoms with Crippen molar-refractivity contribution in [3.05, 3.63) is 64.5 Å². The van der Waals surface area contributed by atoms with Crippen molar-refractivity contribution in [3.8, 4) is 11.5 Å². The van der Waals surface area contributed by atoms with Crippen LogP contribution < -0.4 is 0 Å². The first-order valence-corrected chi connectivity index (χ1v) is 11.3. The van der Waals surface area contributed by atoms with Crippen LogP contribution >= 0.6 is 0 Å². The van der Waals surface area contributed by atoms with E-state index in [-0.39, 0.29) is 17.4 Å². The first-order valence-electron chi connectivity index (χ1n) is 11.3. The summed E-state index contributed by atoms with van der Waals surface area (Å²) in [6.45, 7) is 7.22. The van der Waals surface area contributed by atoms with Crippen LogP contribution in [0.15, 0.2) is 45.8 Å². The lowest BCUT2D eigenvalue weighted by Gasteiger charge is -2.54. The molecule has 1 aromatic heterocycles. The number of rotatable bonds is 2. The first-order chi connectivity index (χ1) is 15.4. The van der Waals surface area contributed by atoms with Crippen molar-refractivity contribution >= 4 is 17.8 Å². The van der Waals surface area contributed by atoms with Gasteiger partial charge in [0.1, 0.15) is 0 Å². The Morgan fingerprint density at radius 1 is 1.16 bits per heavy atom. The van der Waals surface area contributed by atoms with Crippen molar-refractivity contribution in [2.75, 3.05) is 6.54 Å². The number of aromatic nitrogens is 2. The predicted octanol–water partition coefficient (Wildman–Crippen LogP) is 4.67. The van der Waals surface area contributed by atoms with Crippen LogP contribution in [0.4, 0.5) is 5.69 Å². The molecule has 3 heterocycles. The molecule has 0 radical (unpaired) electrons. The smallest absolute Gasteiger partial charge is 0.254 e. The van der Waals surface area contributed by atoms with Crippen molar-refractivity contribution in [1.82, 2.24) is 15.1 Å². The number of carbonyl (C=O) groups excluding carboxylic acids is 1. The normalized spacial score (nSPS) is 25.5. The molecule has 3 aromatic rings. The molecule has 6 heteroatoms. The number of hydrogen-bond acceptors (Lipinski definition) is 5. The van der Waals surface area contributed by atoms with Gasteiger partial charge in [0.25, 0.3) is 5.91 Å². The number of likely N-dealkylation sites (tertiary alicyclic amines) is 1. The molecule has 1 amide bonds. The lowest BCUT2D eigenvalue weighted by atomic mass is 9.58. The van der Waals surface area contributed by atoms with Crippen LogP contribution in [0, 0.1) is 12.8 Å². The summed E-state index contributed by atoms with van der Waals surface area (Å²) in [5.74, 6) is 1.63. The highest BCUT2D eigenvalue weighted by Gasteiger charge is 2.49. The number of carbonyl (C=O) groups is 1. The Morgan fingerprint density at radius 2 is 2.03 bits per heavy atom. The van der Waals surface area contributed by atoms with Crippen molar-refractivity contribution in [3.63, 3.8) is 0 Å². The maximum absolute atomic E-state index is 13.6. The van der Waals surface area contributed by atoms with Crippen LogP contribution in [0.25, 0.3) is 11.5 Å². The van der Waals surface area contributed by atoms with Crippen LogP contribution in [0.3, 0.4) is 0 Å². The van der Waals surface area contributed by atoms with Crippen molar-refractivity contribution in [2.45, 2.75) is 51.5 Å². The molecule has 2 aliphatic heterocycles. The lowest BCUT2D eigenvalue weighted by molar-refractivity contribution is 0.0251. The second kappa shape index (κ2) is 6.86. The van der Waals surface area contributed by atoms with Crippen LogP contribution in [-0.2, 0) is 18.3 Å². The third kappa shape index (κ3) is 2.78. The highest BCUT2D eigenvalue weighted by atomic mass is 16.4. The Hall–Kier alpha value is -3.28. The van der Waals surface area contributed by atoms with Crippen LogP contribution in [0.1, 0.15) is 53.2 Å². The van der Waals surface area contributed by atoms with Gasteiger partial charge >= 0.3 is 0 Å². The standard InChI is InChI=1S/C26H26N4O2/c1-15-23-14-17-4-5-19(24-29-28-16(2)32-24)13-21(17)26(15,3)9-11-30(23)25(31)20-6-7-22-18(12-20)8-10-27-22/h4-7,10,12-13,15,23H,8-9,11,14H2,1-3H3/t15-,23-,26-/m1/s1. The number of nitrogens with zero attached hydrogens (tertiary/aromatic N) is 4. The highest BCUT2D eigenvalue weighted by Crippen LogP contribution is 2.49. The zero-order valence-corrected chi connectivity index (χ0v) is 18.6. The fourth-order valence-electron chi connectivity index (χ4n) is 5.83. The van der Waals surface area contributed by atoms with Crippen LogP contribution in [-0.4, -0.2) is 39.8 Å². The molecule has 3 atom stereocenters. The Bertz CT molecular complexity index is 1280. The average molecular weight is 427 g/mol. The minimum atomic E-state index is 0.00583. The van der Waals surface area contributed by atoms with Gasteiger partial charge in [-0.05, 0) is 71.2 Å². The molecule has 1 fully saturated rings. The Balaban J connectivity index is 1.34. The summed E-state index contributed by atoms with van der Waals surface area (Å²) in [5.41, 5.74) is 6.55. The van der Waals surface area contributed by atoms with E-state index in [4.69, 9.17) is 4.42 Å². The van der Waals surface area contributed by atoms with Crippen molar-refractivity contribution < 1.29 is 9.21 Å². The molecule has 1 aliphatic carbocycles. The van der Waals surface area contributed by atoms with E-state index in [1.54, 1.807) is 0 Å². The fourth-order valence-corrected chi connectivity index (χ4v) is 5.83. The van der Waals surface area contributed by atoms with Gasteiger partial charge in [0.05, 0.1) is 5.69 Å². The van der Waals surface area contributed by atoms with Gasteiger partial charge in [0.15, 0.2) is 0 Å². The summed E-state index contributed by atoms with van der Waals surface area (Å²) >= 11 is 0. The zero-order valence-electron chi connectivity index (χ0n) is 18.6. The average Bonchev–Trinajstić information content (AvgIpc) is 3.44. The molecule has 1 saturated heterocycles. The third-order valence-corrected chi connectivity index (χ3v) is 7.91. The number of aryl methyl sites for hydroxylation is 1. The number of fused-ring (bicyclic) bond motifs is 5. The molecule has 0 spiro atoms. The molecular formula is C26H26N4O2. The van der Waals surface area contributed by atoms with E-state index >= 15 is 0 Å². The summed E-state index contributed by atoms with van der Waals surface area (Å²) in [6.07, 6.45) is 4.53. The fraction of sp³-hybridized carbons (Fsp3) is 0.385. The van der Waals surface area contributed by atoms with E-state index in [0.29, 0.717) is 17.7 Å². The van der Waals surface area contributed by atoms with Crippen LogP contribution in [0.2, 0.25) is 0 Å². The van der Waals surface area contributed by atoms with E-state index in [9.17, 15) is 4.79 Å². The molecule has 32 heavy (non-hydrogen) atoms. The van der Waals surface area contributed by atoms with E-state index in [2.05, 4.69) is 52.1 Å². The lowest BCUT2D eigenvalue weighted by Crippen LogP contribution is -2.59. The van der Waals surface area contributed by atoms with Gasteiger partial charge in [0, 0.05) is 43.3 Å². The molecule has 0 saturated carbocycles. The molecule has 6 nitrogen and oxygen atoms in total. The molecule has 2 bridgehead atoms. The minimum absolute atomic E-state index is 0.00583. The Morgan fingerprint density at radius 3 is 2.84 bits per heavy atom. The summed E-state index contributed by atoms with van der Waals surface area (Å²) in [4.78, 5) is 20.0. The monoisotopic (exact) mass is 426 g/mol. The summed E-state index contributed by atoms with van der Waals surface area (Å²) in [6, 6.07) is 12.6. The quantitative estimate of drug-likeness (QED) is 0.597. The Kier molecular flexibility index (Phi) is 4.16. The second-order valence-electron chi connectivity index (χ2n) is 9.58. The predicted molar refractivity (Wildman–Crippen MR) is 122 cm³/mol. The summed E-state index contributed by atoms with van der Waals surface area (Å²) in [7, 11) is 0. The largest absolute Gasteiger partial charge is 0.421 e. The van der Waals surface area contributed by atoms with Gasteiger partial charge in [-0.25, -0.2) is 0 Å². The van der Waals surface area contributed by atoms with Crippen molar-refractivity contribution in [2.24, 2.45) is 10.9 Å². The number of aliphatic imine (C=N–C) groups is 1. The zero-order chi connectivity index (χ0) is 22.0. The second-order valence-corrected chi connectivity index (χ2v) is 9.58. The highest BCUT2D eigenvalue weighted by molar-refractivity contribution is 5.96. The molecular weight excluding hydrogens is 400 g/mol. The molecule has 3 aliphatic rings. The van der Waals surface area contributed by atoms with E-state index in [1.165, 1.54) is 11.1 Å². The number of amides is 1. The molecule has 6 rings (SSSR count). The molecule has 162 valence electrons. The summed E-state index contributed by atoms with van der Waals surface area (Å²) in [5, 5.41) is 8.18. The first kappa shape index (κ1) is 19.4. The van der Waals surface area contributed by atoms with Gasteiger partial charge < -0.3 is 9.32 Å².